The molecule has 2 saturated heterocycles. The summed E-state index contributed by atoms with van der Waals surface area (Å²) in [5, 5.41) is 3.02. The molecule has 2 aromatic heterocycles. The minimum Gasteiger partial charge on any atom is -0.459 e. The first kappa shape index (κ1) is 18.7. The summed E-state index contributed by atoms with van der Waals surface area (Å²) in [6.07, 6.45) is 6.62. The molecule has 2 aliphatic rings. The highest BCUT2D eigenvalue weighted by atomic mass is 32.1. The van der Waals surface area contributed by atoms with Gasteiger partial charge in [0.05, 0.1) is 6.26 Å². The maximum absolute atomic E-state index is 12.0. The molecule has 27 heavy (non-hydrogen) atoms. The molecule has 1 N–H and O–H groups in total. The minimum atomic E-state index is -0.109. The number of carbonyl (C=O) groups is 1. The van der Waals surface area contributed by atoms with Gasteiger partial charge in [-0.05, 0) is 75.5 Å². The lowest BCUT2D eigenvalue weighted by Gasteiger charge is -2.32. The monoisotopic (exact) mass is 387 g/mol. The highest BCUT2D eigenvalue weighted by Crippen LogP contribution is 2.24. The van der Waals surface area contributed by atoms with Crippen LogP contribution in [0.25, 0.3) is 0 Å². The Balaban J connectivity index is 1.23. The van der Waals surface area contributed by atoms with Crippen molar-refractivity contribution in [1.29, 1.82) is 0 Å². The minimum absolute atomic E-state index is 0.109. The third kappa shape index (κ3) is 5.21. The fourth-order valence-electron chi connectivity index (χ4n) is 4.17. The zero-order valence-corrected chi connectivity index (χ0v) is 16.7. The predicted molar refractivity (Wildman–Crippen MR) is 108 cm³/mol. The average molecular weight is 388 g/mol. The summed E-state index contributed by atoms with van der Waals surface area (Å²) in [7, 11) is 0. The van der Waals surface area contributed by atoms with Crippen LogP contribution in [0.5, 0.6) is 0 Å². The van der Waals surface area contributed by atoms with Crippen LogP contribution in [-0.2, 0) is 13.1 Å². The Morgan fingerprint density at radius 3 is 2.56 bits per heavy atom. The quantitative estimate of drug-likeness (QED) is 0.789. The average Bonchev–Trinajstić information content (AvgIpc) is 3.44. The Hall–Kier alpha value is -1.63. The van der Waals surface area contributed by atoms with Crippen molar-refractivity contribution in [1.82, 2.24) is 15.1 Å². The number of likely N-dealkylation sites (tertiary alicyclic amines) is 2. The van der Waals surface area contributed by atoms with Crippen LogP contribution in [0.4, 0.5) is 0 Å². The number of carbonyl (C=O) groups excluding carboxylic acids is 1. The second kappa shape index (κ2) is 9.04. The van der Waals surface area contributed by atoms with Crippen molar-refractivity contribution in [2.75, 3.05) is 32.7 Å². The number of furan rings is 1. The SMILES string of the molecule is O=C(NCC1CCCN(Cc2ccc(CN3CCCC3)s2)C1)c1ccco1. The number of piperidine rings is 1. The van der Waals surface area contributed by atoms with Crippen LogP contribution >= 0.6 is 11.3 Å². The van der Waals surface area contributed by atoms with Gasteiger partial charge in [-0.3, -0.25) is 14.6 Å². The summed E-state index contributed by atoms with van der Waals surface area (Å²) in [4.78, 5) is 20.1. The van der Waals surface area contributed by atoms with E-state index in [0.29, 0.717) is 11.7 Å². The van der Waals surface area contributed by atoms with Gasteiger partial charge < -0.3 is 9.73 Å². The summed E-state index contributed by atoms with van der Waals surface area (Å²) >= 11 is 1.97. The van der Waals surface area contributed by atoms with Crippen LogP contribution in [0.3, 0.4) is 0 Å². The van der Waals surface area contributed by atoms with E-state index in [9.17, 15) is 4.79 Å². The van der Waals surface area contributed by atoms with Gasteiger partial charge in [-0.1, -0.05) is 0 Å². The number of amides is 1. The lowest BCUT2D eigenvalue weighted by atomic mass is 9.98. The molecule has 5 nitrogen and oxygen atoms in total. The van der Waals surface area contributed by atoms with Crippen molar-refractivity contribution in [2.24, 2.45) is 5.92 Å². The second-order valence-corrected chi connectivity index (χ2v) is 9.03. The summed E-state index contributed by atoms with van der Waals surface area (Å²) in [5.41, 5.74) is 0. The van der Waals surface area contributed by atoms with Gasteiger partial charge in [0.2, 0.25) is 0 Å². The molecular weight excluding hydrogens is 358 g/mol. The molecule has 1 amide bonds. The molecule has 4 rings (SSSR count). The van der Waals surface area contributed by atoms with Crippen molar-refractivity contribution in [3.63, 3.8) is 0 Å². The van der Waals surface area contributed by atoms with Gasteiger partial charge in [-0.2, -0.15) is 0 Å². The molecule has 2 fully saturated rings. The highest BCUT2D eigenvalue weighted by molar-refractivity contribution is 7.11. The largest absolute Gasteiger partial charge is 0.459 e. The maximum atomic E-state index is 12.0. The van der Waals surface area contributed by atoms with E-state index < -0.39 is 0 Å². The van der Waals surface area contributed by atoms with E-state index in [-0.39, 0.29) is 5.91 Å². The fraction of sp³-hybridized carbons (Fsp3) is 0.571. The topological polar surface area (TPSA) is 48.7 Å². The summed E-state index contributed by atoms with van der Waals surface area (Å²) in [6.45, 7) is 7.59. The standard InChI is InChI=1S/C21H29N3O2S/c25-21(20-6-4-12-26-20)22-13-17-5-3-11-24(14-17)16-19-8-7-18(27-19)15-23-9-1-2-10-23/h4,6-8,12,17H,1-3,5,9-11,13-16H2,(H,22,25). The molecule has 0 aromatic carbocycles. The van der Waals surface area contributed by atoms with E-state index in [1.165, 1.54) is 54.8 Å². The molecule has 6 heteroatoms. The van der Waals surface area contributed by atoms with E-state index >= 15 is 0 Å². The number of thiophene rings is 1. The van der Waals surface area contributed by atoms with E-state index in [1.807, 2.05) is 11.3 Å². The van der Waals surface area contributed by atoms with Gasteiger partial charge in [0, 0.05) is 35.9 Å². The Morgan fingerprint density at radius 1 is 1.07 bits per heavy atom. The maximum Gasteiger partial charge on any atom is 0.286 e. The highest BCUT2D eigenvalue weighted by Gasteiger charge is 2.22. The number of hydrogen-bond acceptors (Lipinski definition) is 5. The van der Waals surface area contributed by atoms with Gasteiger partial charge in [0.1, 0.15) is 0 Å². The van der Waals surface area contributed by atoms with Gasteiger partial charge in [0.15, 0.2) is 5.76 Å². The van der Waals surface area contributed by atoms with Crippen molar-refractivity contribution >= 4 is 17.2 Å². The molecule has 4 heterocycles. The van der Waals surface area contributed by atoms with Crippen LogP contribution < -0.4 is 5.32 Å². The number of hydrogen-bond donors (Lipinski definition) is 1. The van der Waals surface area contributed by atoms with E-state index in [4.69, 9.17) is 4.42 Å². The molecule has 0 saturated carbocycles. The lowest BCUT2D eigenvalue weighted by Crippen LogP contribution is -2.40. The third-order valence-electron chi connectivity index (χ3n) is 5.57. The second-order valence-electron chi connectivity index (χ2n) is 7.78. The number of nitrogens with one attached hydrogen (secondary N) is 1. The Kier molecular flexibility index (Phi) is 6.27. The summed E-state index contributed by atoms with van der Waals surface area (Å²) in [6, 6.07) is 8.07. The molecule has 0 bridgehead atoms. The normalized spacial score (nSPS) is 21.6. The molecule has 2 aliphatic heterocycles. The van der Waals surface area contributed by atoms with Crippen molar-refractivity contribution < 1.29 is 9.21 Å². The summed E-state index contributed by atoms with van der Waals surface area (Å²) in [5.74, 6) is 0.801. The van der Waals surface area contributed by atoms with E-state index in [0.717, 1.165) is 32.7 Å². The first-order valence-corrected chi connectivity index (χ1v) is 10.9. The van der Waals surface area contributed by atoms with Crippen LogP contribution in [0.1, 0.15) is 46.0 Å². The molecule has 0 radical (unpaired) electrons. The van der Waals surface area contributed by atoms with Crippen molar-refractivity contribution in [3.05, 3.63) is 46.0 Å². The Bertz CT molecular complexity index is 722. The van der Waals surface area contributed by atoms with Gasteiger partial charge >= 0.3 is 0 Å². The molecule has 0 spiro atoms. The first-order valence-electron chi connectivity index (χ1n) is 10.1. The van der Waals surface area contributed by atoms with E-state index in [1.54, 1.807) is 12.1 Å². The molecule has 0 aliphatic carbocycles. The fourth-order valence-corrected chi connectivity index (χ4v) is 5.27. The Morgan fingerprint density at radius 2 is 1.81 bits per heavy atom. The molecule has 1 unspecified atom stereocenters. The zero-order valence-electron chi connectivity index (χ0n) is 15.9. The van der Waals surface area contributed by atoms with Crippen LogP contribution in [0.15, 0.2) is 34.9 Å². The first-order chi connectivity index (χ1) is 13.3. The Labute approximate surface area is 165 Å². The zero-order chi connectivity index (χ0) is 18.5. The van der Waals surface area contributed by atoms with Crippen molar-refractivity contribution in [3.8, 4) is 0 Å². The lowest BCUT2D eigenvalue weighted by molar-refractivity contribution is 0.0903. The predicted octanol–water partition coefficient (Wildman–Crippen LogP) is 3.58. The van der Waals surface area contributed by atoms with Gasteiger partial charge in [0.25, 0.3) is 5.91 Å². The van der Waals surface area contributed by atoms with Gasteiger partial charge in [-0.15, -0.1) is 11.3 Å². The number of rotatable bonds is 7. The van der Waals surface area contributed by atoms with Crippen LogP contribution in [0.2, 0.25) is 0 Å². The summed E-state index contributed by atoms with van der Waals surface area (Å²) < 4.78 is 5.16. The molecule has 2 aromatic rings. The third-order valence-corrected chi connectivity index (χ3v) is 6.63. The van der Waals surface area contributed by atoms with Crippen molar-refractivity contribution in [2.45, 2.75) is 38.8 Å². The van der Waals surface area contributed by atoms with Crippen LogP contribution in [-0.4, -0.2) is 48.4 Å². The molecule has 1 atom stereocenters. The van der Waals surface area contributed by atoms with E-state index in [2.05, 4.69) is 27.2 Å². The molecule has 146 valence electrons. The van der Waals surface area contributed by atoms with Gasteiger partial charge in [-0.25, -0.2) is 0 Å². The molecular formula is C21H29N3O2S. The van der Waals surface area contributed by atoms with Crippen LogP contribution in [0, 0.1) is 5.92 Å². The number of nitrogens with zero attached hydrogens (tertiary/aromatic N) is 2. The smallest absolute Gasteiger partial charge is 0.286 e.